The van der Waals surface area contributed by atoms with Crippen LogP contribution in [0.2, 0.25) is 0 Å². The molecule has 0 aliphatic rings. The van der Waals surface area contributed by atoms with Crippen LogP contribution in [-0.2, 0) is 22.4 Å². The third-order valence-electron chi connectivity index (χ3n) is 3.09. The second-order valence-corrected chi connectivity index (χ2v) is 7.78. The van der Waals surface area contributed by atoms with E-state index in [-0.39, 0.29) is 10.8 Å². The van der Waals surface area contributed by atoms with Crippen molar-refractivity contribution in [1.29, 1.82) is 0 Å². The molecule has 0 amide bonds. The maximum absolute atomic E-state index is 12.7. The highest BCUT2D eigenvalue weighted by Crippen LogP contribution is 2.30. The minimum atomic E-state index is -3.61. The molecule has 110 valence electrons. The fraction of sp³-hybridized carbons (Fsp3) is 0.385. The molecule has 4 nitrogen and oxygen atoms in total. The molecule has 2 rings (SSSR count). The Kier molecular flexibility index (Phi) is 4.59. The van der Waals surface area contributed by atoms with E-state index in [1.807, 2.05) is 17.5 Å². The lowest BCUT2D eigenvalue weighted by molar-refractivity contribution is 0.462. The highest BCUT2D eigenvalue weighted by Gasteiger charge is 2.30. The lowest BCUT2D eigenvalue weighted by Crippen LogP contribution is -2.27. The summed E-state index contributed by atoms with van der Waals surface area (Å²) < 4.78 is 32.1. The molecule has 0 spiro atoms. The number of thiophene rings is 1. The van der Waals surface area contributed by atoms with E-state index in [1.165, 1.54) is 15.6 Å². The normalized spacial score (nSPS) is 12.2. The molecule has 2 aromatic rings. The smallest absolute Gasteiger partial charge is 0.246 e. The Hall–Kier alpha value is -0.820. The maximum Gasteiger partial charge on any atom is 0.246 e. The average Bonchev–Trinajstić information content (AvgIpc) is 2.96. The van der Waals surface area contributed by atoms with Crippen molar-refractivity contribution in [2.45, 2.75) is 31.2 Å². The molecule has 0 bridgehead atoms. The Labute approximate surface area is 128 Å². The number of nitrogens with zero attached hydrogens (tertiary/aromatic N) is 1. The molecule has 0 aliphatic carbocycles. The summed E-state index contributed by atoms with van der Waals surface area (Å²) in [7, 11) is -2.04. The van der Waals surface area contributed by atoms with Crippen molar-refractivity contribution in [2.24, 2.45) is 0 Å². The van der Waals surface area contributed by atoms with Crippen LogP contribution in [0.25, 0.3) is 0 Å². The highest BCUT2D eigenvalue weighted by molar-refractivity contribution is 7.89. The van der Waals surface area contributed by atoms with Crippen molar-refractivity contribution in [3.05, 3.63) is 39.5 Å². The number of furan rings is 1. The Balaban J connectivity index is 2.40. The molecular formula is C13H16ClNO3S2. The van der Waals surface area contributed by atoms with Gasteiger partial charge in [-0.2, -0.15) is 4.31 Å². The van der Waals surface area contributed by atoms with Crippen LogP contribution < -0.4 is 0 Å². The number of hydrogen-bond donors (Lipinski definition) is 0. The Morgan fingerprint density at radius 1 is 1.35 bits per heavy atom. The molecule has 7 heteroatoms. The zero-order chi connectivity index (χ0) is 14.9. The van der Waals surface area contributed by atoms with Gasteiger partial charge in [0.05, 0.1) is 5.88 Å². The molecule has 0 aromatic carbocycles. The quantitative estimate of drug-likeness (QED) is 0.787. The van der Waals surface area contributed by atoms with Gasteiger partial charge < -0.3 is 4.42 Å². The van der Waals surface area contributed by atoms with E-state index in [1.54, 1.807) is 20.9 Å². The molecule has 20 heavy (non-hydrogen) atoms. The predicted molar refractivity (Wildman–Crippen MR) is 80.7 cm³/mol. The van der Waals surface area contributed by atoms with E-state index in [9.17, 15) is 8.42 Å². The molecule has 0 atom stereocenters. The van der Waals surface area contributed by atoms with Crippen molar-refractivity contribution in [1.82, 2.24) is 4.31 Å². The van der Waals surface area contributed by atoms with Crippen LogP contribution in [0.15, 0.2) is 26.8 Å². The molecule has 2 aromatic heterocycles. The SMILES string of the molecule is Cc1oc(C)c(S(=O)(=O)N(C)Cc2cccs2)c1CCl. The Bertz CT molecular complexity index is 690. The van der Waals surface area contributed by atoms with Crippen molar-refractivity contribution in [3.8, 4) is 0 Å². The number of alkyl halides is 1. The zero-order valence-corrected chi connectivity index (χ0v) is 13.9. The van der Waals surface area contributed by atoms with Crippen molar-refractivity contribution in [3.63, 3.8) is 0 Å². The standard InChI is InChI=1S/C13H16ClNO3S2/c1-9-12(7-14)13(10(2)18-9)20(16,17)15(3)8-11-5-4-6-19-11/h4-6H,7-8H2,1-3H3. The summed E-state index contributed by atoms with van der Waals surface area (Å²) in [5.41, 5.74) is 0.544. The van der Waals surface area contributed by atoms with Crippen molar-refractivity contribution < 1.29 is 12.8 Å². The topological polar surface area (TPSA) is 50.5 Å². The van der Waals surface area contributed by atoms with Crippen LogP contribution in [0.4, 0.5) is 0 Å². The van der Waals surface area contributed by atoms with Gasteiger partial charge in [-0.3, -0.25) is 0 Å². The monoisotopic (exact) mass is 333 g/mol. The molecule has 0 saturated carbocycles. The molecule has 0 radical (unpaired) electrons. The molecular weight excluding hydrogens is 318 g/mol. The van der Waals surface area contributed by atoms with Crippen LogP contribution in [0.1, 0.15) is 22.0 Å². The zero-order valence-electron chi connectivity index (χ0n) is 11.5. The van der Waals surface area contributed by atoms with Gasteiger partial charge in [-0.1, -0.05) is 6.07 Å². The van der Waals surface area contributed by atoms with Gasteiger partial charge in [0.15, 0.2) is 0 Å². The van der Waals surface area contributed by atoms with E-state index in [2.05, 4.69) is 0 Å². The van der Waals surface area contributed by atoms with Crippen molar-refractivity contribution >= 4 is 33.0 Å². The first-order valence-electron chi connectivity index (χ1n) is 6.01. The first-order chi connectivity index (χ1) is 9.37. The van der Waals surface area contributed by atoms with Crippen molar-refractivity contribution in [2.75, 3.05) is 7.05 Å². The lowest BCUT2D eigenvalue weighted by atomic mass is 10.3. The third-order valence-corrected chi connectivity index (χ3v) is 6.21. The van der Waals surface area contributed by atoms with Gasteiger partial charge in [-0.25, -0.2) is 8.42 Å². The van der Waals surface area contributed by atoms with E-state index < -0.39 is 10.0 Å². The second-order valence-electron chi connectivity index (χ2n) is 4.50. The number of hydrogen-bond acceptors (Lipinski definition) is 4. The maximum atomic E-state index is 12.7. The Morgan fingerprint density at radius 3 is 2.60 bits per heavy atom. The van der Waals surface area contributed by atoms with Crippen LogP contribution in [0.5, 0.6) is 0 Å². The summed E-state index contributed by atoms with van der Waals surface area (Å²) in [4.78, 5) is 1.19. The number of rotatable bonds is 5. The molecule has 0 saturated heterocycles. The third kappa shape index (κ3) is 2.79. The van der Waals surface area contributed by atoms with Gasteiger partial charge in [0, 0.05) is 24.0 Å². The largest absolute Gasteiger partial charge is 0.465 e. The van der Waals surface area contributed by atoms with E-state index in [0.717, 1.165) is 4.88 Å². The van der Waals surface area contributed by atoms with Gasteiger partial charge in [0.2, 0.25) is 10.0 Å². The first kappa shape index (κ1) is 15.6. The predicted octanol–water partition coefficient (Wildman–Crippen LogP) is 3.52. The van der Waals surface area contributed by atoms with E-state index >= 15 is 0 Å². The number of aryl methyl sites for hydroxylation is 2. The minimum Gasteiger partial charge on any atom is -0.465 e. The van der Waals surface area contributed by atoms with Crippen LogP contribution in [0, 0.1) is 13.8 Å². The first-order valence-corrected chi connectivity index (χ1v) is 8.87. The highest BCUT2D eigenvalue weighted by atomic mass is 35.5. The van der Waals surface area contributed by atoms with Gasteiger partial charge in [0.25, 0.3) is 0 Å². The van der Waals surface area contributed by atoms with Gasteiger partial charge in [0.1, 0.15) is 16.4 Å². The average molecular weight is 334 g/mol. The lowest BCUT2D eigenvalue weighted by Gasteiger charge is -2.16. The molecule has 0 aliphatic heterocycles. The number of sulfonamides is 1. The Morgan fingerprint density at radius 2 is 2.05 bits per heavy atom. The second kappa shape index (κ2) is 5.89. The number of halogens is 1. The summed E-state index contributed by atoms with van der Waals surface area (Å²) in [5.74, 6) is 1.06. The minimum absolute atomic E-state index is 0.116. The fourth-order valence-corrected chi connectivity index (χ4v) is 4.86. The summed E-state index contributed by atoms with van der Waals surface area (Å²) in [6.07, 6.45) is 0. The molecule has 2 heterocycles. The van der Waals surface area contributed by atoms with Gasteiger partial charge in [-0.05, 0) is 25.3 Å². The van der Waals surface area contributed by atoms with Gasteiger partial charge in [-0.15, -0.1) is 22.9 Å². The molecule has 0 N–H and O–H groups in total. The van der Waals surface area contributed by atoms with E-state index in [0.29, 0.717) is 23.6 Å². The van der Waals surface area contributed by atoms with E-state index in [4.69, 9.17) is 16.0 Å². The van der Waals surface area contributed by atoms with Crippen LogP contribution >= 0.6 is 22.9 Å². The summed E-state index contributed by atoms with van der Waals surface area (Å²) in [5, 5.41) is 1.92. The van der Waals surface area contributed by atoms with Crippen LogP contribution in [0.3, 0.4) is 0 Å². The summed E-state index contributed by atoms with van der Waals surface area (Å²) in [6, 6.07) is 3.81. The summed E-state index contributed by atoms with van der Waals surface area (Å²) >= 11 is 7.39. The molecule has 0 unspecified atom stereocenters. The fourth-order valence-electron chi connectivity index (χ4n) is 2.06. The van der Waals surface area contributed by atoms with Crippen LogP contribution in [-0.4, -0.2) is 19.8 Å². The summed E-state index contributed by atoms with van der Waals surface area (Å²) in [6.45, 7) is 3.71. The van der Waals surface area contributed by atoms with Gasteiger partial charge >= 0.3 is 0 Å². The molecule has 0 fully saturated rings.